The van der Waals surface area contributed by atoms with Gasteiger partial charge in [-0.15, -0.1) is 0 Å². The molecule has 14 heavy (non-hydrogen) atoms. The summed E-state index contributed by atoms with van der Waals surface area (Å²) in [6.45, 7) is 1.63. The Bertz CT molecular complexity index is 208. The Kier molecular flexibility index (Phi) is 2.29. The normalized spacial score (nSPS) is 41.1. The largest absolute Gasteiger partial charge is 0.348 e. The summed E-state index contributed by atoms with van der Waals surface area (Å²) in [5.74, 6) is 1.75. The summed E-state index contributed by atoms with van der Waals surface area (Å²) in [5, 5.41) is 0. The first kappa shape index (κ1) is 9.17. The zero-order valence-corrected chi connectivity index (χ0v) is 8.84. The first-order chi connectivity index (χ1) is 6.88. The summed E-state index contributed by atoms with van der Waals surface area (Å²) < 4.78 is 11.6. The molecule has 2 nitrogen and oxygen atoms in total. The second-order valence-electron chi connectivity index (χ2n) is 5.16. The Morgan fingerprint density at radius 1 is 0.857 bits per heavy atom. The van der Waals surface area contributed by atoms with Gasteiger partial charge in [-0.25, -0.2) is 0 Å². The highest BCUT2D eigenvalue weighted by Gasteiger charge is 2.45. The molecule has 0 bridgehead atoms. The number of hydrogen-bond donors (Lipinski definition) is 0. The summed E-state index contributed by atoms with van der Waals surface area (Å²) in [6.07, 6.45) is 9.42. The van der Waals surface area contributed by atoms with Crippen molar-refractivity contribution in [1.82, 2.24) is 0 Å². The average molecular weight is 196 g/mol. The molecule has 1 aliphatic heterocycles. The van der Waals surface area contributed by atoms with Crippen LogP contribution in [0, 0.1) is 11.8 Å². The van der Waals surface area contributed by atoms with Crippen LogP contribution in [0.25, 0.3) is 0 Å². The van der Waals surface area contributed by atoms with Crippen molar-refractivity contribution in [1.29, 1.82) is 0 Å². The molecule has 0 aromatic heterocycles. The van der Waals surface area contributed by atoms with Crippen LogP contribution in [0.15, 0.2) is 0 Å². The lowest BCUT2D eigenvalue weighted by Gasteiger charge is -2.43. The molecule has 0 radical (unpaired) electrons. The van der Waals surface area contributed by atoms with Crippen molar-refractivity contribution in [2.75, 3.05) is 13.2 Å². The molecule has 2 saturated carbocycles. The molecule has 0 aromatic rings. The molecule has 3 fully saturated rings. The quantitative estimate of drug-likeness (QED) is 0.593. The van der Waals surface area contributed by atoms with E-state index in [1.54, 1.807) is 0 Å². The van der Waals surface area contributed by atoms with Gasteiger partial charge in [-0.3, -0.25) is 0 Å². The Hall–Kier alpha value is -0.0800. The molecular weight excluding hydrogens is 176 g/mol. The number of fused-ring (bicyclic) bond motifs is 1. The maximum atomic E-state index is 5.81. The lowest BCUT2D eigenvalue weighted by atomic mass is 9.69. The summed E-state index contributed by atoms with van der Waals surface area (Å²) in [6, 6.07) is 0. The molecule has 3 aliphatic rings. The summed E-state index contributed by atoms with van der Waals surface area (Å²) in [7, 11) is 0. The summed E-state index contributed by atoms with van der Waals surface area (Å²) in [4.78, 5) is 0. The first-order valence-corrected chi connectivity index (χ1v) is 6.16. The smallest absolute Gasteiger partial charge is 0.168 e. The maximum absolute atomic E-state index is 5.81. The summed E-state index contributed by atoms with van der Waals surface area (Å²) >= 11 is 0. The van der Waals surface area contributed by atoms with Crippen LogP contribution in [-0.2, 0) is 9.47 Å². The monoisotopic (exact) mass is 196 g/mol. The van der Waals surface area contributed by atoms with Gasteiger partial charge in [-0.2, -0.15) is 0 Å². The van der Waals surface area contributed by atoms with Gasteiger partial charge in [0.15, 0.2) is 5.79 Å². The van der Waals surface area contributed by atoms with Crippen molar-refractivity contribution < 1.29 is 9.47 Å². The molecule has 0 aromatic carbocycles. The van der Waals surface area contributed by atoms with E-state index in [2.05, 4.69) is 0 Å². The number of rotatable bonds is 0. The van der Waals surface area contributed by atoms with Crippen LogP contribution >= 0.6 is 0 Å². The van der Waals surface area contributed by atoms with E-state index in [1.165, 1.54) is 38.5 Å². The fourth-order valence-corrected chi connectivity index (χ4v) is 3.60. The molecule has 80 valence electrons. The molecule has 0 amide bonds. The van der Waals surface area contributed by atoms with E-state index in [9.17, 15) is 0 Å². The second kappa shape index (κ2) is 3.49. The van der Waals surface area contributed by atoms with E-state index in [0.717, 1.165) is 31.5 Å². The van der Waals surface area contributed by atoms with E-state index < -0.39 is 0 Å². The van der Waals surface area contributed by atoms with Crippen LogP contribution in [0.5, 0.6) is 0 Å². The second-order valence-corrected chi connectivity index (χ2v) is 5.16. The Labute approximate surface area is 86.0 Å². The van der Waals surface area contributed by atoms with Gasteiger partial charge in [0, 0.05) is 12.8 Å². The molecule has 3 rings (SSSR count). The van der Waals surface area contributed by atoms with Gasteiger partial charge >= 0.3 is 0 Å². The highest BCUT2D eigenvalue weighted by Crippen LogP contribution is 2.47. The molecule has 1 saturated heterocycles. The van der Waals surface area contributed by atoms with Crippen molar-refractivity contribution in [2.45, 2.75) is 50.7 Å². The fourth-order valence-electron chi connectivity index (χ4n) is 3.60. The van der Waals surface area contributed by atoms with Crippen LogP contribution < -0.4 is 0 Å². The van der Waals surface area contributed by atoms with E-state index in [-0.39, 0.29) is 5.79 Å². The van der Waals surface area contributed by atoms with Crippen LogP contribution in [0.2, 0.25) is 0 Å². The van der Waals surface area contributed by atoms with Crippen molar-refractivity contribution in [3.8, 4) is 0 Å². The lowest BCUT2D eigenvalue weighted by Crippen LogP contribution is -2.41. The van der Waals surface area contributed by atoms with Crippen LogP contribution in [0.1, 0.15) is 44.9 Å². The Morgan fingerprint density at radius 3 is 2.36 bits per heavy atom. The molecule has 1 heterocycles. The Morgan fingerprint density at radius 2 is 1.57 bits per heavy atom. The topological polar surface area (TPSA) is 18.5 Å². The number of hydrogen-bond acceptors (Lipinski definition) is 2. The fraction of sp³-hybridized carbons (Fsp3) is 1.00. The predicted octanol–water partition coefficient (Wildman–Crippen LogP) is 2.72. The SMILES string of the molecule is C1CC[C@@H]2CC3(CC[C@H]2C1)OCCO3. The van der Waals surface area contributed by atoms with Gasteiger partial charge in [0.25, 0.3) is 0 Å². The Balaban J connectivity index is 1.70. The maximum Gasteiger partial charge on any atom is 0.168 e. The summed E-state index contributed by atoms with van der Waals surface area (Å²) in [5.41, 5.74) is 0. The molecule has 2 heteroatoms. The van der Waals surface area contributed by atoms with E-state index in [4.69, 9.17) is 9.47 Å². The third-order valence-corrected chi connectivity index (χ3v) is 4.35. The highest BCUT2D eigenvalue weighted by atomic mass is 16.7. The molecule has 0 N–H and O–H groups in total. The molecule has 2 atom stereocenters. The minimum Gasteiger partial charge on any atom is -0.348 e. The molecule has 1 spiro atoms. The van der Waals surface area contributed by atoms with Gasteiger partial charge in [0.1, 0.15) is 0 Å². The third-order valence-electron chi connectivity index (χ3n) is 4.35. The zero-order valence-electron chi connectivity index (χ0n) is 8.84. The van der Waals surface area contributed by atoms with E-state index >= 15 is 0 Å². The van der Waals surface area contributed by atoms with Gasteiger partial charge in [0.05, 0.1) is 13.2 Å². The van der Waals surface area contributed by atoms with E-state index in [1.807, 2.05) is 0 Å². The third kappa shape index (κ3) is 1.49. The standard InChI is InChI=1S/C12H20O2/c1-2-4-11-9-12(13-7-8-14-12)6-5-10(11)3-1/h10-11H,1-9H2/t10-,11-/m1/s1. The van der Waals surface area contributed by atoms with Crippen LogP contribution in [-0.4, -0.2) is 19.0 Å². The first-order valence-electron chi connectivity index (χ1n) is 6.16. The van der Waals surface area contributed by atoms with Crippen LogP contribution in [0.3, 0.4) is 0 Å². The minimum absolute atomic E-state index is 0.140. The van der Waals surface area contributed by atoms with Crippen molar-refractivity contribution >= 4 is 0 Å². The van der Waals surface area contributed by atoms with E-state index in [0.29, 0.717) is 0 Å². The molecule has 2 aliphatic carbocycles. The minimum atomic E-state index is -0.140. The predicted molar refractivity (Wildman–Crippen MR) is 53.9 cm³/mol. The highest BCUT2D eigenvalue weighted by molar-refractivity contribution is 4.89. The van der Waals surface area contributed by atoms with Crippen molar-refractivity contribution in [3.63, 3.8) is 0 Å². The van der Waals surface area contributed by atoms with Gasteiger partial charge in [-0.1, -0.05) is 19.3 Å². The average Bonchev–Trinajstić information content (AvgIpc) is 2.66. The van der Waals surface area contributed by atoms with Crippen LogP contribution in [0.4, 0.5) is 0 Å². The van der Waals surface area contributed by atoms with Gasteiger partial charge < -0.3 is 9.47 Å². The zero-order chi connectivity index (χ0) is 9.43. The number of ether oxygens (including phenoxy) is 2. The molecular formula is C12H20O2. The van der Waals surface area contributed by atoms with Crippen molar-refractivity contribution in [2.24, 2.45) is 11.8 Å². The van der Waals surface area contributed by atoms with Crippen molar-refractivity contribution in [3.05, 3.63) is 0 Å². The molecule has 0 unspecified atom stereocenters. The van der Waals surface area contributed by atoms with Gasteiger partial charge in [0.2, 0.25) is 0 Å². The lowest BCUT2D eigenvalue weighted by molar-refractivity contribution is -0.197. The van der Waals surface area contributed by atoms with Gasteiger partial charge in [-0.05, 0) is 24.7 Å².